The van der Waals surface area contributed by atoms with Gasteiger partial charge in [0.25, 0.3) is 0 Å². The van der Waals surface area contributed by atoms with Crippen molar-refractivity contribution in [3.05, 3.63) is 24.3 Å². The van der Waals surface area contributed by atoms with Crippen LogP contribution in [0.4, 0.5) is 5.69 Å². The van der Waals surface area contributed by atoms with Crippen LogP contribution in [0.25, 0.3) is 0 Å². The van der Waals surface area contributed by atoms with Crippen LogP contribution >= 0.6 is 11.6 Å². The Morgan fingerprint density at radius 3 is 2.62 bits per heavy atom. The van der Waals surface area contributed by atoms with Gasteiger partial charge >= 0.3 is 0 Å². The van der Waals surface area contributed by atoms with Gasteiger partial charge in [-0.1, -0.05) is 6.92 Å². The van der Waals surface area contributed by atoms with Crippen molar-refractivity contribution < 1.29 is 14.3 Å². The minimum atomic E-state index is -0.0471. The standard InChI is InChI=1S/C16H24ClNO3/c1-3-13(2)20-12-9-16(19)18-14-5-7-15(8-6-14)21-11-4-10-17/h5-8,13H,3-4,9-12H2,1-2H3,(H,18,19). The largest absolute Gasteiger partial charge is 0.494 e. The topological polar surface area (TPSA) is 47.6 Å². The maximum absolute atomic E-state index is 11.7. The fourth-order valence-electron chi connectivity index (χ4n) is 1.57. The molecule has 0 aliphatic rings. The van der Waals surface area contributed by atoms with Crippen molar-refractivity contribution in [1.29, 1.82) is 0 Å². The number of ether oxygens (including phenoxy) is 2. The first-order valence-electron chi connectivity index (χ1n) is 7.36. The van der Waals surface area contributed by atoms with Crippen LogP contribution in [0.3, 0.4) is 0 Å². The number of hydrogen-bond acceptors (Lipinski definition) is 3. The van der Waals surface area contributed by atoms with E-state index >= 15 is 0 Å². The molecule has 118 valence electrons. The number of alkyl halides is 1. The predicted octanol–water partition coefficient (Wildman–Crippen LogP) is 3.84. The molecular formula is C16H24ClNO3. The van der Waals surface area contributed by atoms with Gasteiger partial charge in [0.2, 0.25) is 5.91 Å². The van der Waals surface area contributed by atoms with Crippen molar-refractivity contribution in [2.24, 2.45) is 0 Å². The van der Waals surface area contributed by atoms with Gasteiger partial charge in [-0.15, -0.1) is 11.6 Å². The second-order valence-electron chi connectivity index (χ2n) is 4.80. The molecule has 1 atom stereocenters. The zero-order chi connectivity index (χ0) is 15.5. The second kappa shape index (κ2) is 10.5. The minimum Gasteiger partial charge on any atom is -0.494 e. The maximum atomic E-state index is 11.7. The molecule has 1 aromatic carbocycles. The van der Waals surface area contributed by atoms with Crippen molar-refractivity contribution in [3.8, 4) is 5.75 Å². The molecule has 0 spiro atoms. The molecule has 1 amide bonds. The van der Waals surface area contributed by atoms with Gasteiger partial charge < -0.3 is 14.8 Å². The molecule has 0 aromatic heterocycles. The van der Waals surface area contributed by atoms with E-state index in [0.29, 0.717) is 25.5 Å². The van der Waals surface area contributed by atoms with Gasteiger partial charge in [0, 0.05) is 11.6 Å². The summed E-state index contributed by atoms with van der Waals surface area (Å²) in [4.78, 5) is 11.7. The first-order chi connectivity index (χ1) is 10.2. The van der Waals surface area contributed by atoms with Gasteiger partial charge in [-0.05, 0) is 44.0 Å². The predicted molar refractivity (Wildman–Crippen MR) is 86.2 cm³/mol. The lowest BCUT2D eigenvalue weighted by atomic mass is 10.3. The third-order valence-electron chi connectivity index (χ3n) is 2.99. The average molecular weight is 314 g/mol. The monoisotopic (exact) mass is 313 g/mol. The molecule has 0 saturated heterocycles. The lowest BCUT2D eigenvalue weighted by Crippen LogP contribution is -2.16. The number of amides is 1. The van der Waals surface area contributed by atoms with Crippen LogP contribution in [-0.4, -0.2) is 31.1 Å². The summed E-state index contributed by atoms with van der Waals surface area (Å²) in [6.07, 6.45) is 2.32. The van der Waals surface area contributed by atoms with Crippen molar-refractivity contribution in [2.75, 3.05) is 24.4 Å². The number of hydrogen-bond donors (Lipinski definition) is 1. The molecule has 5 heteroatoms. The lowest BCUT2D eigenvalue weighted by molar-refractivity contribution is -0.117. The van der Waals surface area contributed by atoms with E-state index in [4.69, 9.17) is 21.1 Å². The Labute approximate surface area is 131 Å². The third kappa shape index (κ3) is 7.93. The number of anilines is 1. The molecule has 1 rings (SSSR count). The molecule has 0 bridgehead atoms. The Morgan fingerprint density at radius 1 is 1.29 bits per heavy atom. The first kappa shape index (κ1) is 17.8. The van der Waals surface area contributed by atoms with Crippen LogP contribution in [0.15, 0.2) is 24.3 Å². The first-order valence-corrected chi connectivity index (χ1v) is 7.89. The number of rotatable bonds is 10. The molecule has 0 heterocycles. The molecule has 4 nitrogen and oxygen atoms in total. The average Bonchev–Trinajstić information content (AvgIpc) is 2.49. The molecular weight excluding hydrogens is 290 g/mol. The van der Waals surface area contributed by atoms with Gasteiger partial charge in [0.05, 0.1) is 25.7 Å². The van der Waals surface area contributed by atoms with E-state index in [1.54, 1.807) is 0 Å². The van der Waals surface area contributed by atoms with Crippen LogP contribution in [0, 0.1) is 0 Å². The summed E-state index contributed by atoms with van der Waals surface area (Å²) < 4.78 is 11.0. The van der Waals surface area contributed by atoms with E-state index < -0.39 is 0 Å². The number of halogens is 1. The zero-order valence-corrected chi connectivity index (χ0v) is 13.5. The number of carbonyl (C=O) groups is 1. The smallest absolute Gasteiger partial charge is 0.226 e. The van der Waals surface area contributed by atoms with Gasteiger partial charge in [0.15, 0.2) is 0 Å². The lowest BCUT2D eigenvalue weighted by Gasteiger charge is -2.11. The zero-order valence-electron chi connectivity index (χ0n) is 12.7. The molecule has 1 aromatic rings. The molecule has 0 aliphatic carbocycles. The van der Waals surface area contributed by atoms with Gasteiger partial charge in [-0.3, -0.25) is 4.79 Å². The highest BCUT2D eigenvalue weighted by atomic mass is 35.5. The summed E-state index contributed by atoms with van der Waals surface area (Å²) in [6, 6.07) is 7.31. The Kier molecular flexibility index (Phi) is 8.87. The van der Waals surface area contributed by atoms with Crippen molar-refractivity contribution in [1.82, 2.24) is 0 Å². The highest BCUT2D eigenvalue weighted by molar-refractivity contribution is 6.17. The summed E-state index contributed by atoms with van der Waals surface area (Å²) in [5.41, 5.74) is 0.758. The van der Waals surface area contributed by atoms with E-state index in [0.717, 1.165) is 24.3 Å². The molecule has 0 aliphatic heterocycles. The summed E-state index contributed by atoms with van der Waals surface area (Å²) in [5.74, 6) is 1.32. The molecule has 1 N–H and O–H groups in total. The summed E-state index contributed by atoms with van der Waals surface area (Å²) in [5, 5.41) is 2.83. The normalized spacial score (nSPS) is 12.0. The van der Waals surface area contributed by atoms with Crippen LogP contribution in [0.5, 0.6) is 5.75 Å². The Hall–Kier alpha value is -1.26. The van der Waals surface area contributed by atoms with Crippen molar-refractivity contribution >= 4 is 23.2 Å². The van der Waals surface area contributed by atoms with E-state index in [2.05, 4.69) is 12.2 Å². The fraction of sp³-hybridized carbons (Fsp3) is 0.562. The highest BCUT2D eigenvalue weighted by Crippen LogP contribution is 2.16. The molecule has 21 heavy (non-hydrogen) atoms. The Morgan fingerprint density at radius 2 is 2.00 bits per heavy atom. The molecule has 0 saturated carbocycles. The van der Waals surface area contributed by atoms with Crippen molar-refractivity contribution in [2.45, 2.75) is 39.2 Å². The molecule has 0 fully saturated rings. The maximum Gasteiger partial charge on any atom is 0.226 e. The summed E-state index contributed by atoms with van der Waals surface area (Å²) in [7, 11) is 0. The SMILES string of the molecule is CCC(C)OCCC(=O)Nc1ccc(OCCCCl)cc1. The van der Waals surface area contributed by atoms with E-state index in [1.165, 1.54) is 0 Å². The fourth-order valence-corrected chi connectivity index (χ4v) is 1.68. The van der Waals surface area contributed by atoms with E-state index in [-0.39, 0.29) is 12.0 Å². The van der Waals surface area contributed by atoms with Gasteiger partial charge in [-0.2, -0.15) is 0 Å². The highest BCUT2D eigenvalue weighted by Gasteiger charge is 2.04. The van der Waals surface area contributed by atoms with Crippen LogP contribution < -0.4 is 10.1 Å². The quantitative estimate of drug-likeness (QED) is 0.527. The number of nitrogens with one attached hydrogen (secondary N) is 1. The van der Waals surface area contributed by atoms with Gasteiger partial charge in [0.1, 0.15) is 5.75 Å². The summed E-state index contributed by atoms with van der Waals surface area (Å²) in [6.45, 7) is 5.10. The molecule has 0 radical (unpaired) electrons. The molecule has 1 unspecified atom stereocenters. The summed E-state index contributed by atoms with van der Waals surface area (Å²) >= 11 is 5.58. The van der Waals surface area contributed by atoms with Crippen LogP contribution in [-0.2, 0) is 9.53 Å². The second-order valence-corrected chi connectivity index (χ2v) is 5.18. The van der Waals surface area contributed by atoms with E-state index in [9.17, 15) is 4.79 Å². The third-order valence-corrected chi connectivity index (χ3v) is 3.26. The Bertz CT molecular complexity index is 408. The van der Waals surface area contributed by atoms with Crippen molar-refractivity contribution in [3.63, 3.8) is 0 Å². The Balaban J connectivity index is 2.29. The van der Waals surface area contributed by atoms with E-state index in [1.807, 2.05) is 31.2 Å². The van der Waals surface area contributed by atoms with Crippen LogP contribution in [0.2, 0.25) is 0 Å². The van der Waals surface area contributed by atoms with Gasteiger partial charge in [-0.25, -0.2) is 0 Å². The number of carbonyl (C=O) groups excluding carboxylic acids is 1. The minimum absolute atomic E-state index is 0.0471. The van der Waals surface area contributed by atoms with Crippen LogP contribution in [0.1, 0.15) is 33.1 Å². The number of benzene rings is 1.